The third kappa shape index (κ3) is 4.03. The third-order valence-electron chi connectivity index (χ3n) is 2.66. The van der Waals surface area contributed by atoms with Gasteiger partial charge in [0, 0.05) is 24.5 Å². The summed E-state index contributed by atoms with van der Waals surface area (Å²) in [5.41, 5.74) is 1.56. The summed E-state index contributed by atoms with van der Waals surface area (Å²) in [6.45, 7) is 1.84. The SMILES string of the molecule is CNC(=O)Cn1cc(NC(=O)c2cc(C)nc(Cl)c2)cn1. The van der Waals surface area contributed by atoms with E-state index >= 15 is 0 Å². The fourth-order valence-electron chi connectivity index (χ4n) is 1.70. The van der Waals surface area contributed by atoms with E-state index in [1.165, 1.54) is 16.9 Å². The Balaban J connectivity index is 2.07. The van der Waals surface area contributed by atoms with Crippen LogP contribution in [0.15, 0.2) is 24.5 Å². The Labute approximate surface area is 126 Å². The molecule has 0 aliphatic heterocycles. The summed E-state index contributed by atoms with van der Waals surface area (Å²) < 4.78 is 1.43. The molecule has 110 valence electrons. The van der Waals surface area contributed by atoms with Gasteiger partial charge in [0.2, 0.25) is 5.91 Å². The molecule has 2 aromatic heterocycles. The fraction of sp³-hybridized carbons (Fsp3) is 0.231. The lowest BCUT2D eigenvalue weighted by atomic mass is 10.2. The molecule has 0 aliphatic rings. The van der Waals surface area contributed by atoms with Crippen LogP contribution in [0.5, 0.6) is 0 Å². The van der Waals surface area contributed by atoms with Crippen molar-refractivity contribution < 1.29 is 9.59 Å². The highest BCUT2D eigenvalue weighted by molar-refractivity contribution is 6.29. The van der Waals surface area contributed by atoms with Gasteiger partial charge < -0.3 is 10.6 Å². The summed E-state index contributed by atoms with van der Waals surface area (Å²) in [6.07, 6.45) is 3.04. The van der Waals surface area contributed by atoms with E-state index in [1.807, 2.05) is 0 Å². The average molecular weight is 308 g/mol. The summed E-state index contributed by atoms with van der Waals surface area (Å²) in [5, 5.41) is 9.43. The van der Waals surface area contributed by atoms with E-state index in [4.69, 9.17) is 11.6 Å². The van der Waals surface area contributed by atoms with Gasteiger partial charge in [-0.3, -0.25) is 14.3 Å². The Hall–Kier alpha value is -2.41. The van der Waals surface area contributed by atoms with Crippen molar-refractivity contribution in [1.82, 2.24) is 20.1 Å². The van der Waals surface area contributed by atoms with Crippen molar-refractivity contribution in [2.45, 2.75) is 13.5 Å². The number of likely N-dealkylation sites (N-methyl/N-ethyl adjacent to an activating group) is 1. The van der Waals surface area contributed by atoms with Crippen LogP contribution in [0, 0.1) is 6.92 Å². The maximum Gasteiger partial charge on any atom is 0.255 e. The molecule has 0 aliphatic carbocycles. The first-order chi connectivity index (χ1) is 9.97. The highest BCUT2D eigenvalue weighted by Gasteiger charge is 2.10. The molecule has 0 saturated carbocycles. The van der Waals surface area contributed by atoms with Gasteiger partial charge in [-0.1, -0.05) is 11.6 Å². The summed E-state index contributed by atoms with van der Waals surface area (Å²) in [4.78, 5) is 27.3. The first kappa shape index (κ1) is 15.0. The molecule has 7 nitrogen and oxygen atoms in total. The van der Waals surface area contributed by atoms with Gasteiger partial charge in [0.25, 0.3) is 5.91 Å². The quantitative estimate of drug-likeness (QED) is 0.832. The zero-order valence-corrected chi connectivity index (χ0v) is 12.3. The number of nitrogens with one attached hydrogen (secondary N) is 2. The van der Waals surface area contributed by atoms with Crippen LogP contribution in [-0.2, 0) is 11.3 Å². The lowest BCUT2D eigenvalue weighted by Gasteiger charge is -2.04. The Morgan fingerprint density at radius 1 is 1.38 bits per heavy atom. The molecule has 8 heteroatoms. The highest BCUT2D eigenvalue weighted by Crippen LogP contribution is 2.13. The molecule has 0 atom stereocenters. The van der Waals surface area contributed by atoms with Gasteiger partial charge in [-0.05, 0) is 19.1 Å². The number of hydrogen-bond donors (Lipinski definition) is 2. The van der Waals surface area contributed by atoms with Crippen LogP contribution in [-0.4, -0.2) is 33.6 Å². The molecule has 0 fully saturated rings. The maximum absolute atomic E-state index is 12.1. The molecule has 2 heterocycles. The molecule has 0 radical (unpaired) electrons. The van der Waals surface area contributed by atoms with Gasteiger partial charge in [0.15, 0.2) is 0 Å². The van der Waals surface area contributed by atoms with Crippen LogP contribution in [0.1, 0.15) is 16.1 Å². The van der Waals surface area contributed by atoms with Crippen LogP contribution >= 0.6 is 11.6 Å². The first-order valence-corrected chi connectivity index (χ1v) is 6.54. The van der Waals surface area contributed by atoms with Gasteiger partial charge in [0.1, 0.15) is 11.7 Å². The number of amides is 2. The molecular formula is C13H14ClN5O2. The van der Waals surface area contributed by atoms with E-state index < -0.39 is 0 Å². The monoisotopic (exact) mass is 307 g/mol. The third-order valence-corrected chi connectivity index (χ3v) is 2.85. The van der Waals surface area contributed by atoms with Crippen LogP contribution in [0.4, 0.5) is 5.69 Å². The largest absolute Gasteiger partial charge is 0.358 e. The van der Waals surface area contributed by atoms with Crippen molar-refractivity contribution >= 4 is 29.1 Å². The van der Waals surface area contributed by atoms with Crippen LogP contribution in [0.2, 0.25) is 5.15 Å². The van der Waals surface area contributed by atoms with Crippen molar-refractivity contribution in [2.75, 3.05) is 12.4 Å². The molecule has 2 rings (SSSR count). The average Bonchev–Trinajstić information content (AvgIpc) is 2.84. The predicted molar refractivity (Wildman–Crippen MR) is 78.2 cm³/mol. The number of carbonyl (C=O) groups is 2. The maximum atomic E-state index is 12.1. The summed E-state index contributed by atoms with van der Waals surface area (Å²) in [7, 11) is 1.55. The second-order valence-corrected chi connectivity index (χ2v) is 4.76. The standard InChI is InChI=1S/C13H14ClN5O2/c1-8-3-9(4-11(14)17-8)13(21)18-10-5-16-19(6-10)7-12(20)15-2/h3-6H,7H2,1-2H3,(H,15,20)(H,18,21). The smallest absolute Gasteiger partial charge is 0.255 e. The van der Waals surface area contributed by atoms with E-state index in [-0.39, 0.29) is 23.5 Å². The number of rotatable bonds is 4. The summed E-state index contributed by atoms with van der Waals surface area (Å²) in [5.74, 6) is -0.491. The Morgan fingerprint density at radius 2 is 2.14 bits per heavy atom. The topological polar surface area (TPSA) is 88.9 Å². The molecular weight excluding hydrogens is 294 g/mol. The highest BCUT2D eigenvalue weighted by atomic mass is 35.5. The molecule has 2 aromatic rings. The van der Waals surface area contributed by atoms with Crippen LogP contribution in [0.3, 0.4) is 0 Å². The second kappa shape index (κ2) is 6.36. The normalized spacial score (nSPS) is 10.2. The van der Waals surface area contributed by atoms with E-state index in [9.17, 15) is 9.59 Å². The van der Waals surface area contributed by atoms with Crippen molar-refractivity contribution in [1.29, 1.82) is 0 Å². The molecule has 0 saturated heterocycles. The van der Waals surface area contributed by atoms with Crippen molar-refractivity contribution in [3.63, 3.8) is 0 Å². The van der Waals surface area contributed by atoms with Gasteiger partial charge in [-0.2, -0.15) is 5.10 Å². The lowest BCUT2D eigenvalue weighted by Crippen LogP contribution is -2.23. The predicted octanol–water partition coefficient (Wildman–Crippen LogP) is 1.24. The van der Waals surface area contributed by atoms with Gasteiger partial charge in [0.05, 0.1) is 11.9 Å². The first-order valence-electron chi connectivity index (χ1n) is 6.16. The number of anilines is 1. The van der Waals surface area contributed by atoms with E-state index in [0.29, 0.717) is 16.9 Å². The molecule has 0 spiro atoms. The summed E-state index contributed by atoms with van der Waals surface area (Å²) >= 11 is 5.82. The number of aromatic nitrogens is 3. The van der Waals surface area contributed by atoms with Gasteiger partial charge >= 0.3 is 0 Å². The molecule has 0 unspecified atom stereocenters. The van der Waals surface area contributed by atoms with E-state index in [1.54, 1.807) is 26.2 Å². The summed E-state index contributed by atoms with van der Waals surface area (Å²) in [6, 6.07) is 3.12. The number of carbonyl (C=O) groups excluding carboxylic acids is 2. The van der Waals surface area contributed by atoms with Crippen molar-refractivity contribution in [3.05, 3.63) is 40.9 Å². The minimum Gasteiger partial charge on any atom is -0.358 e. The van der Waals surface area contributed by atoms with Crippen molar-refractivity contribution in [3.8, 4) is 0 Å². The second-order valence-electron chi connectivity index (χ2n) is 4.37. The number of halogens is 1. The minimum absolute atomic E-state index is 0.0898. The number of pyridine rings is 1. The lowest BCUT2D eigenvalue weighted by molar-refractivity contribution is -0.121. The Morgan fingerprint density at radius 3 is 2.81 bits per heavy atom. The molecule has 0 aromatic carbocycles. The molecule has 0 bridgehead atoms. The number of hydrogen-bond acceptors (Lipinski definition) is 4. The van der Waals surface area contributed by atoms with Gasteiger partial charge in [-0.25, -0.2) is 4.98 Å². The Bertz CT molecular complexity index is 663. The number of aryl methyl sites for hydroxylation is 1. The molecule has 21 heavy (non-hydrogen) atoms. The fourth-order valence-corrected chi connectivity index (χ4v) is 1.95. The zero-order valence-electron chi connectivity index (χ0n) is 11.6. The van der Waals surface area contributed by atoms with E-state index in [2.05, 4.69) is 20.7 Å². The van der Waals surface area contributed by atoms with Crippen LogP contribution < -0.4 is 10.6 Å². The number of nitrogens with zero attached hydrogens (tertiary/aromatic N) is 3. The van der Waals surface area contributed by atoms with Gasteiger partial charge in [-0.15, -0.1) is 0 Å². The Kier molecular flexibility index (Phi) is 4.54. The van der Waals surface area contributed by atoms with Crippen LogP contribution in [0.25, 0.3) is 0 Å². The molecule has 2 amide bonds. The molecule has 2 N–H and O–H groups in total. The zero-order chi connectivity index (χ0) is 15.4. The van der Waals surface area contributed by atoms with Crippen molar-refractivity contribution in [2.24, 2.45) is 0 Å². The van der Waals surface area contributed by atoms with E-state index in [0.717, 1.165) is 0 Å². The minimum atomic E-state index is -0.318.